The predicted molar refractivity (Wildman–Crippen MR) is 133 cm³/mol. The van der Waals surface area contributed by atoms with Gasteiger partial charge < -0.3 is 15.4 Å². The minimum Gasteiger partial charge on any atom is -0.495 e. The van der Waals surface area contributed by atoms with E-state index >= 15 is 0 Å². The van der Waals surface area contributed by atoms with Crippen molar-refractivity contribution in [1.29, 1.82) is 0 Å². The number of anilines is 2. The van der Waals surface area contributed by atoms with Gasteiger partial charge in [-0.05, 0) is 37.6 Å². The van der Waals surface area contributed by atoms with Crippen molar-refractivity contribution in [3.05, 3.63) is 69.1 Å². The summed E-state index contributed by atoms with van der Waals surface area (Å²) < 4.78 is 8.44. The summed E-state index contributed by atoms with van der Waals surface area (Å²) in [6, 6.07) is 12.5. The van der Waals surface area contributed by atoms with Gasteiger partial charge >= 0.3 is 0 Å². The molecule has 0 bridgehead atoms. The average molecular weight is 489 g/mol. The largest absolute Gasteiger partial charge is 0.495 e. The first-order valence-electron chi connectivity index (χ1n) is 10.1. The number of nitrogens with zero attached hydrogens (tertiary/aromatic N) is 2. The number of amides is 2. The Labute approximate surface area is 200 Å². The van der Waals surface area contributed by atoms with Gasteiger partial charge in [0.1, 0.15) is 11.4 Å². The normalized spacial score (nSPS) is 10.7. The number of thioether (sulfide) groups is 1. The molecular formula is C23H25ClN4O4S. The molecule has 0 aliphatic carbocycles. The Hall–Kier alpha value is -3.17. The second-order valence-electron chi connectivity index (χ2n) is 7.33. The third-order valence-electron chi connectivity index (χ3n) is 5.04. The monoisotopic (exact) mass is 488 g/mol. The van der Waals surface area contributed by atoms with Crippen molar-refractivity contribution in [1.82, 2.24) is 9.36 Å². The van der Waals surface area contributed by atoms with Crippen LogP contribution in [0.4, 0.5) is 11.4 Å². The number of aromatic nitrogens is 2. The molecule has 2 amide bonds. The number of nitrogens with one attached hydrogen (secondary N) is 2. The number of para-hydroxylation sites is 1. The van der Waals surface area contributed by atoms with Crippen molar-refractivity contribution in [2.45, 2.75) is 13.8 Å². The van der Waals surface area contributed by atoms with Gasteiger partial charge in [0.15, 0.2) is 0 Å². The zero-order chi connectivity index (χ0) is 24.1. The first-order chi connectivity index (χ1) is 15.7. The number of ether oxygens (including phenoxy) is 1. The van der Waals surface area contributed by atoms with Crippen LogP contribution in [0.15, 0.2) is 47.3 Å². The number of hydrogen-bond donors (Lipinski definition) is 2. The summed E-state index contributed by atoms with van der Waals surface area (Å²) in [5.41, 5.74) is 2.55. The van der Waals surface area contributed by atoms with Crippen molar-refractivity contribution in [2.75, 3.05) is 29.2 Å². The maximum absolute atomic E-state index is 12.9. The van der Waals surface area contributed by atoms with Crippen molar-refractivity contribution in [2.24, 2.45) is 7.05 Å². The molecule has 2 N–H and O–H groups in total. The van der Waals surface area contributed by atoms with E-state index in [0.29, 0.717) is 27.8 Å². The number of carbonyl (C=O) groups is 2. The molecule has 3 rings (SSSR count). The standard InChI is InChI=1S/C23H25ClN4O4S/c1-14-10-18(19(32-4)11-17(14)24)25-20(29)12-33-13-21(30)26-22-15(2)27(3)28(23(22)31)16-8-6-5-7-9-16/h5-11H,12-13H2,1-4H3,(H,25,29)(H,26,30). The topological polar surface area (TPSA) is 94.4 Å². The van der Waals surface area contributed by atoms with Crippen LogP contribution in [0.1, 0.15) is 11.3 Å². The summed E-state index contributed by atoms with van der Waals surface area (Å²) >= 11 is 7.23. The Morgan fingerprint density at radius 2 is 1.70 bits per heavy atom. The number of halogens is 1. The number of carbonyl (C=O) groups excluding carboxylic acids is 2. The van der Waals surface area contributed by atoms with Gasteiger partial charge in [0.2, 0.25) is 11.8 Å². The average Bonchev–Trinajstić information content (AvgIpc) is 2.99. The lowest BCUT2D eigenvalue weighted by atomic mass is 10.2. The summed E-state index contributed by atoms with van der Waals surface area (Å²) in [6.45, 7) is 3.59. The number of aryl methyl sites for hydroxylation is 1. The molecule has 0 aliphatic heterocycles. The van der Waals surface area contributed by atoms with E-state index < -0.39 is 0 Å². The van der Waals surface area contributed by atoms with E-state index in [4.69, 9.17) is 16.3 Å². The summed E-state index contributed by atoms with van der Waals surface area (Å²) in [5, 5.41) is 5.99. The van der Waals surface area contributed by atoms with E-state index in [0.717, 1.165) is 17.3 Å². The van der Waals surface area contributed by atoms with Crippen molar-refractivity contribution >= 4 is 46.6 Å². The van der Waals surface area contributed by atoms with Gasteiger partial charge in [-0.2, -0.15) is 0 Å². The molecule has 174 valence electrons. The minimum atomic E-state index is -0.362. The SMILES string of the molecule is COc1cc(Cl)c(C)cc1NC(=O)CSCC(=O)Nc1c(C)n(C)n(-c2ccccc2)c1=O. The van der Waals surface area contributed by atoms with Crippen LogP contribution in [0, 0.1) is 13.8 Å². The quantitative estimate of drug-likeness (QED) is 0.503. The molecule has 0 atom stereocenters. The van der Waals surface area contributed by atoms with Gasteiger partial charge in [0.25, 0.3) is 5.56 Å². The second-order valence-corrected chi connectivity index (χ2v) is 8.72. The summed E-state index contributed by atoms with van der Waals surface area (Å²) in [4.78, 5) is 37.6. The van der Waals surface area contributed by atoms with E-state index in [-0.39, 0.29) is 34.6 Å². The van der Waals surface area contributed by atoms with Crippen LogP contribution in [-0.4, -0.2) is 39.8 Å². The molecule has 0 unspecified atom stereocenters. The number of methoxy groups -OCH3 is 1. The fraction of sp³-hybridized carbons (Fsp3) is 0.261. The maximum Gasteiger partial charge on any atom is 0.295 e. The Morgan fingerprint density at radius 1 is 1.06 bits per heavy atom. The molecule has 33 heavy (non-hydrogen) atoms. The van der Waals surface area contributed by atoms with E-state index in [9.17, 15) is 14.4 Å². The van der Waals surface area contributed by atoms with Crippen LogP contribution >= 0.6 is 23.4 Å². The third-order valence-corrected chi connectivity index (χ3v) is 6.38. The van der Waals surface area contributed by atoms with E-state index in [2.05, 4.69) is 10.6 Å². The van der Waals surface area contributed by atoms with Gasteiger partial charge in [0.05, 0.1) is 35.7 Å². The Morgan fingerprint density at radius 3 is 2.33 bits per heavy atom. The lowest BCUT2D eigenvalue weighted by molar-refractivity contribution is -0.114. The summed E-state index contributed by atoms with van der Waals surface area (Å²) in [7, 11) is 3.25. The molecule has 0 saturated carbocycles. The molecular weight excluding hydrogens is 464 g/mol. The summed E-state index contributed by atoms with van der Waals surface area (Å²) in [6.07, 6.45) is 0. The van der Waals surface area contributed by atoms with Crippen LogP contribution < -0.4 is 20.9 Å². The van der Waals surface area contributed by atoms with Crippen LogP contribution in [-0.2, 0) is 16.6 Å². The molecule has 0 fully saturated rings. The molecule has 0 radical (unpaired) electrons. The minimum absolute atomic E-state index is 0.0172. The Balaban J connectivity index is 1.59. The van der Waals surface area contributed by atoms with Gasteiger partial charge in [-0.15, -0.1) is 11.8 Å². The highest BCUT2D eigenvalue weighted by Crippen LogP contribution is 2.31. The first-order valence-corrected chi connectivity index (χ1v) is 11.6. The van der Waals surface area contributed by atoms with Crippen LogP contribution in [0.2, 0.25) is 5.02 Å². The summed E-state index contributed by atoms with van der Waals surface area (Å²) in [5.74, 6) is -0.117. The molecule has 3 aromatic rings. The number of hydrogen-bond acceptors (Lipinski definition) is 5. The van der Waals surface area contributed by atoms with E-state index in [1.54, 1.807) is 30.8 Å². The van der Waals surface area contributed by atoms with E-state index in [1.807, 2.05) is 37.3 Å². The smallest absolute Gasteiger partial charge is 0.295 e. The number of rotatable bonds is 8. The second kappa shape index (κ2) is 10.6. The highest BCUT2D eigenvalue weighted by atomic mass is 35.5. The molecule has 1 aromatic heterocycles. The van der Waals surface area contributed by atoms with Gasteiger partial charge in [-0.25, -0.2) is 4.68 Å². The fourth-order valence-electron chi connectivity index (χ4n) is 3.24. The molecule has 0 saturated heterocycles. The van der Waals surface area contributed by atoms with Crippen molar-refractivity contribution in [3.63, 3.8) is 0 Å². The Kier molecular flexibility index (Phi) is 7.88. The molecule has 2 aromatic carbocycles. The van der Waals surface area contributed by atoms with Gasteiger partial charge in [-0.3, -0.25) is 19.1 Å². The number of benzene rings is 2. The molecule has 0 aliphatic rings. The van der Waals surface area contributed by atoms with Crippen molar-refractivity contribution < 1.29 is 14.3 Å². The third kappa shape index (κ3) is 5.61. The molecule has 1 heterocycles. The van der Waals surface area contributed by atoms with Crippen molar-refractivity contribution in [3.8, 4) is 11.4 Å². The maximum atomic E-state index is 12.9. The predicted octanol–water partition coefficient (Wildman–Crippen LogP) is 3.77. The molecule has 8 nitrogen and oxygen atoms in total. The highest BCUT2D eigenvalue weighted by Gasteiger charge is 2.18. The highest BCUT2D eigenvalue weighted by molar-refractivity contribution is 8.00. The zero-order valence-electron chi connectivity index (χ0n) is 18.8. The van der Waals surface area contributed by atoms with E-state index in [1.165, 1.54) is 11.8 Å². The van der Waals surface area contributed by atoms with Crippen LogP contribution in [0.5, 0.6) is 5.75 Å². The molecule has 0 spiro atoms. The zero-order valence-corrected chi connectivity index (χ0v) is 20.3. The fourth-order valence-corrected chi connectivity index (χ4v) is 4.01. The molecule has 10 heteroatoms. The van der Waals surface area contributed by atoms with Gasteiger partial charge in [-0.1, -0.05) is 29.8 Å². The first kappa shape index (κ1) is 24.5. The Bertz CT molecular complexity index is 1240. The lowest BCUT2D eigenvalue weighted by Gasteiger charge is -2.12. The van der Waals surface area contributed by atoms with Crippen LogP contribution in [0.3, 0.4) is 0 Å². The lowest BCUT2D eigenvalue weighted by Crippen LogP contribution is -2.24. The van der Waals surface area contributed by atoms with Crippen LogP contribution in [0.25, 0.3) is 5.69 Å². The van der Waals surface area contributed by atoms with Gasteiger partial charge in [0, 0.05) is 18.1 Å².